The van der Waals surface area contributed by atoms with E-state index >= 15 is 0 Å². The number of piperidine rings is 1. The Morgan fingerprint density at radius 3 is 2.30 bits per heavy atom. The Morgan fingerprint density at radius 2 is 1.67 bits per heavy atom. The lowest BCUT2D eigenvalue weighted by atomic mass is 10.1. The summed E-state index contributed by atoms with van der Waals surface area (Å²) < 4.78 is 0. The molecule has 0 radical (unpaired) electrons. The molecule has 1 N–H and O–H groups in total. The number of carbonyl (C=O) groups excluding carboxylic acids is 1. The lowest BCUT2D eigenvalue weighted by Crippen LogP contribution is -2.39. The van der Waals surface area contributed by atoms with Gasteiger partial charge >= 0.3 is 0 Å². The molecule has 1 fully saturated rings. The molecule has 144 valence electrons. The smallest absolute Gasteiger partial charge is 0.241 e. The number of hydrogen-bond acceptors (Lipinski definition) is 3. The van der Waals surface area contributed by atoms with E-state index in [1.165, 1.54) is 36.1 Å². The minimum absolute atomic E-state index is 0.0235. The van der Waals surface area contributed by atoms with Crippen LogP contribution in [0, 0.1) is 6.92 Å². The first kappa shape index (κ1) is 19.4. The summed E-state index contributed by atoms with van der Waals surface area (Å²) in [6.45, 7) is 7.05. The second-order valence-corrected chi connectivity index (χ2v) is 7.66. The summed E-state index contributed by atoms with van der Waals surface area (Å²) in [7, 11) is 1.99. The van der Waals surface area contributed by atoms with E-state index in [1.807, 2.05) is 26.1 Å². The van der Waals surface area contributed by atoms with Gasteiger partial charge in [0.25, 0.3) is 0 Å². The molecule has 0 aliphatic carbocycles. The maximum atomic E-state index is 12.6. The highest BCUT2D eigenvalue weighted by molar-refractivity contribution is 5.94. The highest BCUT2D eigenvalue weighted by Crippen LogP contribution is 2.22. The fourth-order valence-corrected chi connectivity index (χ4v) is 3.47. The van der Waals surface area contributed by atoms with E-state index in [1.54, 1.807) is 0 Å². The van der Waals surface area contributed by atoms with E-state index in [9.17, 15) is 4.79 Å². The summed E-state index contributed by atoms with van der Waals surface area (Å²) in [4.78, 5) is 17.1. The van der Waals surface area contributed by atoms with Crippen LogP contribution in [0.4, 0.5) is 11.4 Å². The van der Waals surface area contributed by atoms with Gasteiger partial charge in [0.15, 0.2) is 0 Å². The predicted molar refractivity (Wildman–Crippen MR) is 113 cm³/mol. The maximum Gasteiger partial charge on any atom is 0.241 e. The topological polar surface area (TPSA) is 35.6 Å². The van der Waals surface area contributed by atoms with Gasteiger partial charge < -0.3 is 10.2 Å². The molecule has 3 rings (SSSR count). The van der Waals surface area contributed by atoms with Crippen molar-refractivity contribution < 1.29 is 4.79 Å². The van der Waals surface area contributed by atoms with Crippen molar-refractivity contribution in [2.24, 2.45) is 0 Å². The molecule has 1 aliphatic heterocycles. The molecule has 1 aliphatic rings. The van der Waals surface area contributed by atoms with Crippen LogP contribution in [-0.2, 0) is 11.3 Å². The zero-order chi connectivity index (χ0) is 19.2. The summed E-state index contributed by atoms with van der Waals surface area (Å²) in [5.41, 5.74) is 4.57. The van der Waals surface area contributed by atoms with E-state index in [0.717, 1.165) is 25.3 Å². The predicted octanol–water partition coefficient (Wildman–Crippen LogP) is 4.44. The molecule has 0 saturated carbocycles. The van der Waals surface area contributed by atoms with Crippen molar-refractivity contribution in [2.75, 3.05) is 30.4 Å². The van der Waals surface area contributed by atoms with Crippen molar-refractivity contribution >= 4 is 17.3 Å². The number of nitrogens with zero attached hydrogens (tertiary/aromatic N) is 2. The van der Waals surface area contributed by atoms with E-state index in [4.69, 9.17) is 0 Å². The Labute approximate surface area is 163 Å². The van der Waals surface area contributed by atoms with Gasteiger partial charge in [-0.25, -0.2) is 0 Å². The SMILES string of the molecule is Cc1ccc(CN(C)[C@H](C)C(=O)Nc2ccc(N3CCCCC3)cc2)cc1. The van der Waals surface area contributed by atoms with Crippen molar-refractivity contribution in [3.8, 4) is 0 Å². The van der Waals surface area contributed by atoms with Crippen molar-refractivity contribution in [3.63, 3.8) is 0 Å². The van der Waals surface area contributed by atoms with E-state index in [-0.39, 0.29) is 11.9 Å². The first-order valence-corrected chi connectivity index (χ1v) is 9.94. The van der Waals surface area contributed by atoms with Gasteiger partial charge in [-0.1, -0.05) is 29.8 Å². The molecule has 4 heteroatoms. The van der Waals surface area contributed by atoms with Crippen LogP contribution >= 0.6 is 0 Å². The molecule has 0 bridgehead atoms. The minimum Gasteiger partial charge on any atom is -0.372 e. The van der Waals surface area contributed by atoms with E-state index in [2.05, 4.69) is 58.4 Å². The highest BCUT2D eigenvalue weighted by atomic mass is 16.2. The number of likely N-dealkylation sites (N-methyl/N-ethyl adjacent to an activating group) is 1. The Kier molecular flexibility index (Phi) is 6.51. The zero-order valence-corrected chi connectivity index (χ0v) is 16.7. The molecule has 1 amide bonds. The van der Waals surface area contributed by atoms with Gasteiger partial charge in [0, 0.05) is 31.0 Å². The van der Waals surface area contributed by atoms with Gasteiger partial charge in [-0.05, 0) is 70.0 Å². The molecule has 2 aromatic rings. The molecular formula is C23H31N3O. The Hall–Kier alpha value is -2.33. The number of benzene rings is 2. The van der Waals surface area contributed by atoms with Crippen molar-refractivity contribution in [1.82, 2.24) is 4.90 Å². The lowest BCUT2D eigenvalue weighted by molar-refractivity contribution is -0.120. The van der Waals surface area contributed by atoms with Gasteiger partial charge in [-0.3, -0.25) is 9.69 Å². The molecular weight excluding hydrogens is 334 g/mol. The molecule has 1 saturated heterocycles. The fraction of sp³-hybridized carbons (Fsp3) is 0.435. The van der Waals surface area contributed by atoms with Crippen LogP contribution in [-0.4, -0.2) is 37.0 Å². The Balaban J connectivity index is 1.54. The quantitative estimate of drug-likeness (QED) is 0.822. The highest BCUT2D eigenvalue weighted by Gasteiger charge is 2.18. The van der Waals surface area contributed by atoms with Crippen LogP contribution in [0.15, 0.2) is 48.5 Å². The van der Waals surface area contributed by atoms with Crippen LogP contribution in [0.25, 0.3) is 0 Å². The first-order valence-electron chi connectivity index (χ1n) is 9.94. The molecule has 1 heterocycles. The summed E-state index contributed by atoms with van der Waals surface area (Å²) in [6, 6.07) is 16.5. The van der Waals surface area contributed by atoms with Crippen LogP contribution < -0.4 is 10.2 Å². The third-order valence-corrected chi connectivity index (χ3v) is 5.45. The van der Waals surface area contributed by atoms with Crippen molar-refractivity contribution in [2.45, 2.75) is 45.7 Å². The maximum absolute atomic E-state index is 12.6. The standard InChI is InChI=1S/C23H31N3O/c1-18-7-9-20(10-8-18)17-25(3)19(2)23(27)24-21-11-13-22(14-12-21)26-15-5-4-6-16-26/h7-14,19H,4-6,15-17H2,1-3H3,(H,24,27)/t19-/m1/s1. The molecule has 0 spiro atoms. The molecule has 1 atom stereocenters. The minimum atomic E-state index is -0.201. The third-order valence-electron chi connectivity index (χ3n) is 5.45. The van der Waals surface area contributed by atoms with Crippen LogP contribution in [0.2, 0.25) is 0 Å². The second-order valence-electron chi connectivity index (χ2n) is 7.66. The molecule has 2 aromatic carbocycles. The molecule has 27 heavy (non-hydrogen) atoms. The lowest BCUT2D eigenvalue weighted by Gasteiger charge is -2.29. The summed E-state index contributed by atoms with van der Waals surface area (Å²) in [6.07, 6.45) is 3.87. The summed E-state index contributed by atoms with van der Waals surface area (Å²) in [5, 5.41) is 3.05. The first-order chi connectivity index (χ1) is 13.0. The second kappa shape index (κ2) is 9.05. The van der Waals surface area contributed by atoms with E-state index < -0.39 is 0 Å². The van der Waals surface area contributed by atoms with Gasteiger partial charge in [0.2, 0.25) is 5.91 Å². The van der Waals surface area contributed by atoms with Gasteiger partial charge in [-0.15, -0.1) is 0 Å². The van der Waals surface area contributed by atoms with Crippen LogP contribution in [0.3, 0.4) is 0 Å². The summed E-state index contributed by atoms with van der Waals surface area (Å²) in [5.74, 6) is 0.0235. The summed E-state index contributed by atoms with van der Waals surface area (Å²) >= 11 is 0. The van der Waals surface area contributed by atoms with Gasteiger partial charge in [-0.2, -0.15) is 0 Å². The van der Waals surface area contributed by atoms with Gasteiger partial charge in [0.1, 0.15) is 0 Å². The Morgan fingerprint density at radius 1 is 1.04 bits per heavy atom. The number of rotatable bonds is 6. The number of hydrogen-bond donors (Lipinski definition) is 1. The molecule has 4 nitrogen and oxygen atoms in total. The average molecular weight is 366 g/mol. The number of carbonyl (C=O) groups is 1. The van der Waals surface area contributed by atoms with E-state index in [0.29, 0.717) is 0 Å². The number of amides is 1. The number of aryl methyl sites for hydroxylation is 1. The monoisotopic (exact) mass is 365 g/mol. The zero-order valence-electron chi connectivity index (χ0n) is 16.7. The fourth-order valence-electron chi connectivity index (χ4n) is 3.47. The number of nitrogens with one attached hydrogen (secondary N) is 1. The molecule has 0 aromatic heterocycles. The third kappa shape index (κ3) is 5.33. The Bertz CT molecular complexity index is 733. The molecule has 0 unspecified atom stereocenters. The van der Waals surface area contributed by atoms with Gasteiger partial charge in [0.05, 0.1) is 6.04 Å². The largest absolute Gasteiger partial charge is 0.372 e. The van der Waals surface area contributed by atoms with Crippen molar-refractivity contribution in [3.05, 3.63) is 59.7 Å². The average Bonchev–Trinajstić information content (AvgIpc) is 2.70. The van der Waals surface area contributed by atoms with Crippen LogP contribution in [0.1, 0.15) is 37.3 Å². The normalized spacial score (nSPS) is 15.6. The number of anilines is 2. The van der Waals surface area contributed by atoms with Crippen molar-refractivity contribution in [1.29, 1.82) is 0 Å². The van der Waals surface area contributed by atoms with Crippen LogP contribution in [0.5, 0.6) is 0 Å².